The highest BCUT2D eigenvalue weighted by atomic mass is 19.1. The number of pyridine rings is 1. The largest absolute Gasteiger partial charge is 0.305 e. The van der Waals surface area contributed by atoms with Gasteiger partial charge >= 0.3 is 0 Å². The number of rotatable bonds is 2. The molecule has 0 radical (unpaired) electrons. The molecule has 17 heavy (non-hydrogen) atoms. The Balaban J connectivity index is 2.20. The SMILES string of the molecule is Cc1cncc(NC(=O)c2ccncc2F)n1. The van der Waals surface area contributed by atoms with Crippen molar-refractivity contribution in [2.24, 2.45) is 0 Å². The molecule has 2 aromatic rings. The van der Waals surface area contributed by atoms with Crippen molar-refractivity contribution in [1.82, 2.24) is 15.0 Å². The van der Waals surface area contributed by atoms with E-state index in [4.69, 9.17) is 0 Å². The Kier molecular flexibility index (Phi) is 3.04. The van der Waals surface area contributed by atoms with Crippen LogP contribution in [0.25, 0.3) is 0 Å². The van der Waals surface area contributed by atoms with Gasteiger partial charge in [-0.05, 0) is 13.0 Å². The minimum absolute atomic E-state index is 0.0803. The van der Waals surface area contributed by atoms with Crippen LogP contribution >= 0.6 is 0 Å². The fourth-order valence-electron chi connectivity index (χ4n) is 1.27. The maximum atomic E-state index is 13.3. The third kappa shape index (κ3) is 2.60. The number of halogens is 1. The molecule has 0 spiro atoms. The van der Waals surface area contributed by atoms with Gasteiger partial charge in [0.15, 0.2) is 11.6 Å². The summed E-state index contributed by atoms with van der Waals surface area (Å²) in [5.41, 5.74) is 0.585. The second-order valence-corrected chi connectivity index (χ2v) is 3.36. The Labute approximate surface area is 96.8 Å². The van der Waals surface area contributed by atoms with Crippen LogP contribution in [0.5, 0.6) is 0 Å². The lowest BCUT2D eigenvalue weighted by molar-refractivity contribution is 0.102. The number of hydrogen-bond acceptors (Lipinski definition) is 4. The molecule has 86 valence electrons. The van der Waals surface area contributed by atoms with Crippen LogP contribution in [0.2, 0.25) is 0 Å². The highest BCUT2D eigenvalue weighted by molar-refractivity contribution is 6.03. The molecule has 5 nitrogen and oxygen atoms in total. The molecule has 0 fully saturated rings. The van der Waals surface area contributed by atoms with Crippen molar-refractivity contribution in [2.75, 3.05) is 5.32 Å². The quantitative estimate of drug-likeness (QED) is 0.853. The van der Waals surface area contributed by atoms with Crippen molar-refractivity contribution in [1.29, 1.82) is 0 Å². The average Bonchev–Trinajstić information content (AvgIpc) is 2.29. The van der Waals surface area contributed by atoms with E-state index in [0.717, 1.165) is 6.20 Å². The van der Waals surface area contributed by atoms with Gasteiger partial charge < -0.3 is 5.32 Å². The smallest absolute Gasteiger partial charge is 0.259 e. The van der Waals surface area contributed by atoms with Gasteiger partial charge in [0, 0.05) is 12.4 Å². The van der Waals surface area contributed by atoms with Crippen LogP contribution in [0.3, 0.4) is 0 Å². The summed E-state index contributed by atoms with van der Waals surface area (Å²) in [4.78, 5) is 23.2. The molecule has 0 saturated carbocycles. The van der Waals surface area contributed by atoms with E-state index in [1.165, 1.54) is 18.5 Å². The number of nitrogens with zero attached hydrogens (tertiary/aromatic N) is 3. The van der Waals surface area contributed by atoms with Gasteiger partial charge in [-0.15, -0.1) is 0 Å². The lowest BCUT2D eigenvalue weighted by Gasteiger charge is -2.04. The van der Waals surface area contributed by atoms with Crippen molar-refractivity contribution >= 4 is 11.7 Å². The highest BCUT2D eigenvalue weighted by Crippen LogP contribution is 2.08. The van der Waals surface area contributed by atoms with Gasteiger partial charge in [-0.2, -0.15) is 0 Å². The van der Waals surface area contributed by atoms with E-state index in [1.54, 1.807) is 13.1 Å². The second-order valence-electron chi connectivity index (χ2n) is 3.36. The molecular formula is C11H9FN4O. The Morgan fingerprint density at radius 2 is 2.12 bits per heavy atom. The molecule has 0 aliphatic carbocycles. The van der Waals surface area contributed by atoms with Gasteiger partial charge in [0.05, 0.1) is 23.7 Å². The molecule has 0 aliphatic rings. The van der Waals surface area contributed by atoms with E-state index in [2.05, 4.69) is 20.3 Å². The van der Waals surface area contributed by atoms with E-state index in [-0.39, 0.29) is 11.4 Å². The Bertz CT molecular complexity index is 559. The van der Waals surface area contributed by atoms with Crippen LogP contribution in [-0.2, 0) is 0 Å². The lowest BCUT2D eigenvalue weighted by Crippen LogP contribution is -2.15. The predicted octanol–water partition coefficient (Wildman–Crippen LogP) is 1.57. The fraction of sp³-hybridized carbons (Fsp3) is 0.0909. The molecule has 1 N–H and O–H groups in total. The van der Waals surface area contributed by atoms with Crippen molar-refractivity contribution < 1.29 is 9.18 Å². The van der Waals surface area contributed by atoms with Crippen LogP contribution in [0.1, 0.15) is 16.1 Å². The summed E-state index contributed by atoms with van der Waals surface area (Å²) in [6.07, 6.45) is 5.28. The molecule has 2 heterocycles. The Morgan fingerprint density at radius 1 is 1.29 bits per heavy atom. The zero-order valence-corrected chi connectivity index (χ0v) is 9.01. The fourth-order valence-corrected chi connectivity index (χ4v) is 1.27. The van der Waals surface area contributed by atoms with Gasteiger partial charge in [-0.3, -0.25) is 14.8 Å². The van der Waals surface area contributed by atoms with Gasteiger partial charge in [0.2, 0.25) is 0 Å². The summed E-state index contributed by atoms with van der Waals surface area (Å²) < 4.78 is 13.3. The molecule has 6 heteroatoms. The van der Waals surface area contributed by atoms with Gasteiger partial charge in [0.1, 0.15) is 0 Å². The molecule has 0 bridgehead atoms. The van der Waals surface area contributed by atoms with E-state index in [1.807, 2.05) is 0 Å². The summed E-state index contributed by atoms with van der Waals surface area (Å²) in [5, 5.41) is 2.46. The van der Waals surface area contributed by atoms with Gasteiger partial charge in [0.25, 0.3) is 5.91 Å². The van der Waals surface area contributed by atoms with E-state index in [0.29, 0.717) is 5.69 Å². The monoisotopic (exact) mass is 232 g/mol. The molecule has 0 atom stereocenters. The molecule has 2 rings (SSSR count). The molecule has 0 saturated heterocycles. The number of hydrogen-bond donors (Lipinski definition) is 1. The minimum Gasteiger partial charge on any atom is -0.305 e. The number of carbonyl (C=O) groups excluding carboxylic acids is 1. The van der Waals surface area contributed by atoms with Crippen LogP contribution in [-0.4, -0.2) is 20.9 Å². The van der Waals surface area contributed by atoms with E-state index in [9.17, 15) is 9.18 Å². The predicted molar refractivity (Wildman–Crippen MR) is 58.9 cm³/mol. The first kappa shape index (κ1) is 11.1. The number of aryl methyl sites for hydroxylation is 1. The van der Waals surface area contributed by atoms with E-state index < -0.39 is 11.7 Å². The second kappa shape index (κ2) is 4.65. The number of aromatic nitrogens is 3. The van der Waals surface area contributed by atoms with Crippen molar-refractivity contribution in [3.05, 3.63) is 47.9 Å². The maximum absolute atomic E-state index is 13.3. The highest BCUT2D eigenvalue weighted by Gasteiger charge is 2.11. The van der Waals surface area contributed by atoms with Crippen LogP contribution in [0, 0.1) is 12.7 Å². The number of amides is 1. The molecule has 1 amide bonds. The summed E-state index contributed by atoms with van der Waals surface area (Å²) in [5.74, 6) is -0.971. The molecule has 0 aromatic carbocycles. The maximum Gasteiger partial charge on any atom is 0.259 e. The first-order valence-electron chi connectivity index (χ1n) is 4.86. The lowest BCUT2D eigenvalue weighted by atomic mass is 10.2. The first-order chi connectivity index (χ1) is 8.16. The zero-order valence-electron chi connectivity index (χ0n) is 9.01. The minimum atomic E-state index is -0.675. The third-order valence-electron chi connectivity index (χ3n) is 2.01. The van der Waals surface area contributed by atoms with Gasteiger partial charge in [-0.1, -0.05) is 0 Å². The molecule has 2 aromatic heterocycles. The normalized spacial score (nSPS) is 10.0. The number of carbonyl (C=O) groups is 1. The average molecular weight is 232 g/mol. The molecular weight excluding hydrogens is 223 g/mol. The summed E-state index contributed by atoms with van der Waals surface area (Å²) in [6.45, 7) is 1.75. The van der Waals surface area contributed by atoms with Crippen LogP contribution in [0.15, 0.2) is 30.9 Å². The molecule has 0 unspecified atom stereocenters. The topological polar surface area (TPSA) is 67.8 Å². The standard InChI is InChI=1S/C11H9FN4O/c1-7-4-14-6-10(15-7)16-11(17)8-2-3-13-5-9(8)12/h2-6H,1H3,(H,15,16,17). The van der Waals surface area contributed by atoms with Crippen LogP contribution in [0.4, 0.5) is 10.2 Å². The molecule has 0 aliphatic heterocycles. The summed E-state index contributed by atoms with van der Waals surface area (Å²) in [6, 6.07) is 1.30. The Morgan fingerprint density at radius 3 is 2.82 bits per heavy atom. The third-order valence-corrected chi connectivity index (χ3v) is 2.01. The zero-order chi connectivity index (χ0) is 12.3. The van der Waals surface area contributed by atoms with Crippen LogP contribution < -0.4 is 5.32 Å². The number of anilines is 1. The van der Waals surface area contributed by atoms with Crippen molar-refractivity contribution in [2.45, 2.75) is 6.92 Å². The van der Waals surface area contributed by atoms with Gasteiger partial charge in [-0.25, -0.2) is 9.37 Å². The summed E-state index contributed by atoms with van der Waals surface area (Å²) in [7, 11) is 0. The van der Waals surface area contributed by atoms with Crippen molar-refractivity contribution in [3.8, 4) is 0 Å². The number of nitrogens with one attached hydrogen (secondary N) is 1. The van der Waals surface area contributed by atoms with E-state index >= 15 is 0 Å². The Hall–Kier alpha value is -2.37. The summed E-state index contributed by atoms with van der Waals surface area (Å²) >= 11 is 0. The first-order valence-corrected chi connectivity index (χ1v) is 4.86. The van der Waals surface area contributed by atoms with Crippen molar-refractivity contribution in [3.63, 3.8) is 0 Å².